The van der Waals surface area contributed by atoms with Gasteiger partial charge in [-0.05, 0) is 30.2 Å². The molecule has 0 saturated carbocycles. The molecule has 3 heterocycles. The Balaban J connectivity index is 1.42. The van der Waals surface area contributed by atoms with Crippen molar-refractivity contribution in [3.05, 3.63) is 72.4 Å². The number of hydrogen-bond donors (Lipinski definition) is 0. The highest BCUT2D eigenvalue weighted by molar-refractivity contribution is 5.65. The number of rotatable bonds is 4. The molecule has 0 aliphatic heterocycles. The number of nitrogens with zero attached hydrogens (tertiary/aromatic N) is 6. The van der Waals surface area contributed by atoms with E-state index < -0.39 is 0 Å². The summed E-state index contributed by atoms with van der Waals surface area (Å²) in [6.45, 7) is 7.99. The van der Waals surface area contributed by atoms with Crippen molar-refractivity contribution in [3.63, 3.8) is 0 Å². The van der Waals surface area contributed by atoms with Gasteiger partial charge in [0.2, 0.25) is 5.82 Å². The average Bonchev–Trinajstić information content (AvgIpc) is 3.53. The minimum absolute atomic E-state index is 0.208. The Morgan fingerprint density at radius 3 is 2.28 bits per heavy atom. The van der Waals surface area contributed by atoms with Gasteiger partial charge in [0.05, 0.1) is 11.4 Å². The predicted octanol–water partition coefficient (Wildman–Crippen LogP) is 5.25. The predicted molar refractivity (Wildman–Crippen MR) is 119 cm³/mol. The Bertz CT molecular complexity index is 1360. The lowest BCUT2D eigenvalue weighted by molar-refractivity contribution is 0.392. The molecule has 5 aromatic rings. The SMILES string of the molecule is Cc1c(-c2nc(-c3coc(C(C)(C)C)n3)no2)nnn1-c1ccc(-c2ccccc2)cc1. The van der Waals surface area contributed by atoms with E-state index in [2.05, 4.69) is 49.7 Å². The van der Waals surface area contributed by atoms with Gasteiger partial charge in [0.25, 0.3) is 5.89 Å². The molecule has 160 valence electrons. The van der Waals surface area contributed by atoms with Crippen LogP contribution in [0.25, 0.3) is 39.9 Å². The molecule has 5 rings (SSSR count). The van der Waals surface area contributed by atoms with Gasteiger partial charge < -0.3 is 8.94 Å². The summed E-state index contributed by atoms with van der Waals surface area (Å²) in [5, 5.41) is 12.6. The first-order chi connectivity index (χ1) is 15.4. The van der Waals surface area contributed by atoms with E-state index in [1.165, 1.54) is 6.26 Å². The molecule has 2 aromatic carbocycles. The van der Waals surface area contributed by atoms with Gasteiger partial charge >= 0.3 is 0 Å². The Kier molecular flexibility index (Phi) is 4.70. The van der Waals surface area contributed by atoms with Crippen molar-refractivity contribution in [2.45, 2.75) is 33.1 Å². The van der Waals surface area contributed by atoms with Crippen molar-refractivity contribution in [1.29, 1.82) is 0 Å². The van der Waals surface area contributed by atoms with Crippen LogP contribution < -0.4 is 0 Å². The molecule has 0 N–H and O–H groups in total. The molecule has 3 aromatic heterocycles. The number of benzene rings is 2. The maximum absolute atomic E-state index is 5.56. The number of aromatic nitrogens is 6. The maximum Gasteiger partial charge on any atom is 0.280 e. The molecule has 0 saturated heterocycles. The summed E-state index contributed by atoms with van der Waals surface area (Å²) < 4.78 is 12.8. The van der Waals surface area contributed by atoms with Crippen LogP contribution in [0.3, 0.4) is 0 Å². The lowest BCUT2D eigenvalue weighted by Gasteiger charge is -2.11. The third kappa shape index (κ3) is 3.60. The van der Waals surface area contributed by atoms with E-state index in [0.29, 0.717) is 23.1 Å². The van der Waals surface area contributed by atoms with E-state index in [9.17, 15) is 0 Å². The van der Waals surface area contributed by atoms with Gasteiger partial charge in [-0.3, -0.25) is 0 Å². The second-order valence-electron chi connectivity index (χ2n) is 8.56. The summed E-state index contributed by atoms with van der Waals surface area (Å²) in [6, 6.07) is 18.4. The van der Waals surface area contributed by atoms with Crippen molar-refractivity contribution in [1.82, 2.24) is 30.1 Å². The zero-order chi connectivity index (χ0) is 22.3. The van der Waals surface area contributed by atoms with Crippen molar-refractivity contribution in [3.8, 4) is 39.9 Å². The van der Waals surface area contributed by atoms with Crippen LogP contribution in [-0.2, 0) is 5.41 Å². The van der Waals surface area contributed by atoms with Crippen LogP contribution in [0.15, 0.2) is 69.8 Å². The summed E-state index contributed by atoms with van der Waals surface area (Å²) >= 11 is 0. The molecule has 0 amide bonds. The second kappa shape index (κ2) is 7.56. The lowest BCUT2D eigenvalue weighted by Crippen LogP contribution is -2.11. The van der Waals surface area contributed by atoms with Gasteiger partial charge in [-0.2, -0.15) is 4.98 Å². The molecule has 0 fully saturated rings. The summed E-state index contributed by atoms with van der Waals surface area (Å²) in [5.74, 6) is 1.24. The molecular formula is C24H22N6O2. The van der Waals surface area contributed by atoms with E-state index in [1.807, 2.05) is 58.0 Å². The molecule has 0 aliphatic rings. The third-order valence-corrected chi connectivity index (χ3v) is 5.12. The van der Waals surface area contributed by atoms with E-state index in [-0.39, 0.29) is 11.3 Å². The molecule has 0 spiro atoms. The van der Waals surface area contributed by atoms with Crippen molar-refractivity contribution < 1.29 is 8.94 Å². The average molecular weight is 426 g/mol. The molecule has 8 nitrogen and oxygen atoms in total. The fraction of sp³-hybridized carbons (Fsp3) is 0.208. The van der Waals surface area contributed by atoms with Crippen LogP contribution in [0.2, 0.25) is 0 Å². The zero-order valence-corrected chi connectivity index (χ0v) is 18.3. The molecule has 0 bridgehead atoms. The van der Waals surface area contributed by atoms with Crippen LogP contribution >= 0.6 is 0 Å². The van der Waals surface area contributed by atoms with Crippen LogP contribution in [-0.4, -0.2) is 30.1 Å². The van der Waals surface area contributed by atoms with Gasteiger partial charge in [0.15, 0.2) is 17.3 Å². The number of hydrogen-bond acceptors (Lipinski definition) is 7. The lowest BCUT2D eigenvalue weighted by atomic mass is 9.97. The van der Waals surface area contributed by atoms with Gasteiger partial charge in [-0.25, -0.2) is 9.67 Å². The Labute approximate surface area is 184 Å². The van der Waals surface area contributed by atoms with Crippen molar-refractivity contribution >= 4 is 0 Å². The maximum atomic E-state index is 5.56. The molecule has 0 unspecified atom stereocenters. The number of oxazole rings is 1. The molecule has 32 heavy (non-hydrogen) atoms. The second-order valence-corrected chi connectivity index (χ2v) is 8.56. The van der Waals surface area contributed by atoms with E-state index in [1.54, 1.807) is 4.68 Å². The Morgan fingerprint density at radius 2 is 1.59 bits per heavy atom. The van der Waals surface area contributed by atoms with Crippen molar-refractivity contribution in [2.24, 2.45) is 0 Å². The van der Waals surface area contributed by atoms with Crippen LogP contribution in [0.1, 0.15) is 32.4 Å². The van der Waals surface area contributed by atoms with Gasteiger partial charge in [-0.15, -0.1) is 5.10 Å². The van der Waals surface area contributed by atoms with E-state index in [4.69, 9.17) is 8.94 Å². The molecule has 0 radical (unpaired) electrons. The van der Waals surface area contributed by atoms with Gasteiger partial charge in [-0.1, -0.05) is 73.6 Å². The normalized spacial score (nSPS) is 11.8. The Hall–Kier alpha value is -4.07. The van der Waals surface area contributed by atoms with Crippen LogP contribution in [0.5, 0.6) is 0 Å². The first-order valence-electron chi connectivity index (χ1n) is 10.3. The highest BCUT2D eigenvalue weighted by Crippen LogP contribution is 2.28. The smallest absolute Gasteiger partial charge is 0.280 e. The molecule has 0 aliphatic carbocycles. The first kappa shape index (κ1) is 19.9. The molecule has 0 atom stereocenters. The monoisotopic (exact) mass is 426 g/mol. The fourth-order valence-electron chi connectivity index (χ4n) is 3.34. The van der Waals surface area contributed by atoms with Gasteiger partial charge in [0.1, 0.15) is 6.26 Å². The minimum atomic E-state index is -0.208. The minimum Gasteiger partial charge on any atom is -0.448 e. The third-order valence-electron chi connectivity index (χ3n) is 5.12. The largest absolute Gasteiger partial charge is 0.448 e. The van der Waals surface area contributed by atoms with Crippen molar-refractivity contribution in [2.75, 3.05) is 0 Å². The van der Waals surface area contributed by atoms with Crippen LogP contribution in [0, 0.1) is 6.92 Å². The summed E-state index contributed by atoms with van der Waals surface area (Å²) in [7, 11) is 0. The highest BCUT2D eigenvalue weighted by atomic mass is 16.5. The summed E-state index contributed by atoms with van der Waals surface area (Å²) in [5.41, 5.74) is 4.82. The van der Waals surface area contributed by atoms with Gasteiger partial charge in [0, 0.05) is 5.41 Å². The first-order valence-corrected chi connectivity index (χ1v) is 10.3. The topological polar surface area (TPSA) is 95.7 Å². The zero-order valence-electron chi connectivity index (χ0n) is 18.3. The summed E-state index contributed by atoms with van der Waals surface area (Å²) in [4.78, 5) is 8.93. The highest BCUT2D eigenvalue weighted by Gasteiger charge is 2.24. The Morgan fingerprint density at radius 1 is 0.875 bits per heavy atom. The fourth-order valence-corrected chi connectivity index (χ4v) is 3.34. The molecule has 8 heteroatoms. The molecular weight excluding hydrogens is 404 g/mol. The van der Waals surface area contributed by atoms with E-state index >= 15 is 0 Å². The summed E-state index contributed by atoms with van der Waals surface area (Å²) in [6.07, 6.45) is 1.53. The van der Waals surface area contributed by atoms with Crippen LogP contribution in [0.4, 0.5) is 0 Å². The van der Waals surface area contributed by atoms with E-state index in [0.717, 1.165) is 22.5 Å². The standard InChI is InChI=1S/C24H22N6O2/c1-15-20(22-26-21(28-32-22)19-14-31-23(25-19)24(2,3)4)27-29-30(15)18-12-10-17(11-13-18)16-8-6-5-7-9-16/h5-14H,1-4H3. The quantitative estimate of drug-likeness (QED) is 0.387.